The number of ether oxygens (including phenoxy) is 2. The first kappa shape index (κ1) is 19.9. The van der Waals surface area contributed by atoms with Crippen LogP contribution in [0.25, 0.3) is 0 Å². The number of carbonyl (C=O) groups excluding carboxylic acids is 2. The Hall–Kier alpha value is -2.88. The highest BCUT2D eigenvalue weighted by Crippen LogP contribution is 2.34. The minimum atomic E-state index is -0.400. The van der Waals surface area contributed by atoms with Crippen LogP contribution >= 0.6 is 12.2 Å². The van der Waals surface area contributed by atoms with Crippen molar-refractivity contribution in [3.63, 3.8) is 0 Å². The Morgan fingerprint density at radius 2 is 2.11 bits per heavy atom. The van der Waals surface area contributed by atoms with Crippen molar-refractivity contribution in [2.45, 2.75) is 12.8 Å². The first-order valence-electron chi connectivity index (χ1n) is 8.85. The van der Waals surface area contributed by atoms with E-state index in [9.17, 15) is 9.59 Å². The van der Waals surface area contributed by atoms with Crippen molar-refractivity contribution in [3.05, 3.63) is 28.8 Å². The van der Waals surface area contributed by atoms with Crippen LogP contribution in [-0.4, -0.2) is 53.9 Å². The van der Waals surface area contributed by atoms with Gasteiger partial charge in [-0.2, -0.15) is 5.10 Å². The number of rotatable bonds is 7. The fourth-order valence-corrected chi connectivity index (χ4v) is 3.32. The molecule has 0 aliphatic carbocycles. The molecule has 0 bridgehead atoms. The lowest BCUT2D eigenvalue weighted by Gasteiger charge is -2.18. The standard InChI is InChI=1S/C18H23N5O4S/c1-22-15(20-21-18(22)28)6-7-19-17(25)11-8-16(24)23(10-11)12-4-5-13(26-2)14(9-12)27-3/h4-5,9,11H,6-8,10H2,1-3H3,(H,19,25)(H,21,28). The number of nitrogens with one attached hydrogen (secondary N) is 2. The van der Waals surface area contributed by atoms with E-state index in [1.807, 2.05) is 7.05 Å². The van der Waals surface area contributed by atoms with Gasteiger partial charge in [0, 0.05) is 44.7 Å². The maximum atomic E-state index is 12.5. The van der Waals surface area contributed by atoms with E-state index in [2.05, 4.69) is 15.5 Å². The minimum absolute atomic E-state index is 0.0955. The molecule has 0 saturated carbocycles. The van der Waals surface area contributed by atoms with E-state index in [1.54, 1.807) is 34.8 Å². The summed E-state index contributed by atoms with van der Waals surface area (Å²) in [5, 5.41) is 9.70. The van der Waals surface area contributed by atoms with Crippen LogP contribution in [0, 0.1) is 10.7 Å². The lowest BCUT2D eigenvalue weighted by molar-refractivity contribution is -0.126. The molecule has 2 aromatic rings. The lowest BCUT2D eigenvalue weighted by Crippen LogP contribution is -2.34. The summed E-state index contributed by atoms with van der Waals surface area (Å²) < 4.78 is 12.8. The summed E-state index contributed by atoms with van der Waals surface area (Å²) >= 11 is 5.07. The van der Waals surface area contributed by atoms with Crippen LogP contribution in [0.3, 0.4) is 0 Å². The van der Waals surface area contributed by atoms with Crippen molar-refractivity contribution in [1.82, 2.24) is 20.1 Å². The fourth-order valence-electron chi connectivity index (χ4n) is 3.17. The average Bonchev–Trinajstić information content (AvgIpc) is 3.24. The van der Waals surface area contributed by atoms with Gasteiger partial charge in [0.15, 0.2) is 16.3 Å². The molecular formula is C18H23N5O4S. The molecule has 0 spiro atoms. The normalized spacial score (nSPS) is 16.3. The van der Waals surface area contributed by atoms with Crippen molar-refractivity contribution in [3.8, 4) is 11.5 Å². The number of anilines is 1. The third kappa shape index (κ3) is 4.01. The van der Waals surface area contributed by atoms with Gasteiger partial charge >= 0.3 is 0 Å². The number of carbonyl (C=O) groups is 2. The van der Waals surface area contributed by atoms with Crippen molar-refractivity contribution >= 4 is 29.7 Å². The number of amides is 2. The van der Waals surface area contributed by atoms with Crippen LogP contribution in [0.5, 0.6) is 11.5 Å². The Morgan fingerprint density at radius 1 is 1.36 bits per heavy atom. The van der Waals surface area contributed by atoms with Gasteiger partial charge in [0.1, 0.15) is 5.82 Å². The van der Waals surface area contributed by atoms with Gasteiger partial charge in [-0.05, 0) is 24.4 Å². The molecule has 10 heteroatoms. The third-order valence-corrected chi connectivity index (χ3v) is 5.16. The van der Waals surface area contributed by atoms with Crippen molar-refractivity contribution in [1.29, 1.82) is 0 Å². The third-order valence-electron chi connectivity index (χ3n) is 4.79. The molecule has 1 aliphatic heterocycles. The topological polar surface area (TPSA) is 101 Å². The van der Waals surface area contributed by atoms with Crippen LogP contribution in [0.4, 0.5) is 5.69 Å². The van der Waals surface area contributed by atoms with E-state index in [0.29, 0.717) is 41.5 Å². The molecule has 1 atom stereocenters. The molecule has 150 valence electrons. The second kappa shape index (κ2) is 8.42. The summed E-state index contributed by atoms with van der Waals surface area (Å²) in [4.78, 5) is 26.5. The van der Waals surface area contributed by atoms with Crippen LogP contribution in [0.2, 0.25) is 0 Å². The number of H-pyrrole nitrogens is 1. The van der Waals surface area contributed by atoms with Gasteiger partial charge in [-0.15, -0.1) is 0 Å². The molecule has 0 radical (unpaired) electrons. The fraction of sp³-hybridized carbons (Fsp3) is 0.444. The van der Waals surface area contributed by atoms with Gasteiger partial charge in [-0.1, -0.05) is 0 Å². The number of methoxy groups -OCH3 is 2. The molecule has 1 aromatic heterocycles. The van der Waals surface area contributed by atoms with Gasteiger partial charge in [0.25, 0.3) is 0 Å². The molecule has 28 heavy (non-hydrogen) atoms. The summed E-state index contributed by atoms with van der Waals surface area (Å²) in [6.45, 7) is 0.750. The van der Waals surface area contributed by atoms with Crippen LogP contribution < -0.4 is 19.7 Å². The zero-order chi connectivity index (χ0) is 20.3. The molecule has 1 aromatic carbocycles. The first-order valence-corrected chi connectivity index (χ1v) is 9.25. The van der Waals surface area contributed by atoms with E-state index >= 15 is 0 Å². The SMILES string of the molecule is COc1ccc(N2CC(C(=O)NCCc3n[nH]c(=S)n3C)CC2=O)cc1OC. The summed E-state index contributed by atoms with van der Waals surface area (Å²) in [6.07, 6.45) is 0.724. The monoisotopic (exact) mass is 405 g/mol. The Morgan fingerprint density at radius 3 is 2.75 bits per heavy atom. The Bertz CT molecular complexity index is 938. The lowest BCUT2D eigenvalue weighted by atomic mass is 10.1. The maximum Gasteiger partial charge on any atom is 0.227 e. The van der Waals surface area contributed by atoms with Gasteiger partial charge in [0.05, 0.1) is 20.1 Å². The first-order chi connectivity index (χ1) is 13.4. The summed E-state index contributed by atoms with van der Waals surface area (Å²) in [6, 6.07) is 5.26. The van der Waals surface area contributed by atoms with Crippen LogP contribution in [0.1, 0.15) is 12.2 Å². The second-order valence-corrected chi connectivity index (χ2v) is 6.88. The number of nitrogens with zero attached hydrogens (tertiary/aromatic N) is 3. The summed E-state index contributed by atoms with van der Waals surface area (Å²) in [7, 11) is 4.91. The predicted octanol–water partition coefficient (Wildman–Crippen LogP) is 1.21. The molecule has 1 saturated heterocycles. The second-order valence-electron chi connectivity index (χ2n) is 6.49. The zero-order valence-electron chi connectivity index (χ0n) is 16.0. The molecule has 9 nitrogen and oxygen atoms in total. The number of hydrogen-bond acceptors (Lipinski definition) is 6. The molecule has 3 rings (SSSR count). The van der Waals surface area contributed by atoms with Gasteiger partial charge in [0.2, 0.25) is 11.8 Å². The number of benzene rings is 1. The highest BCUT2D eigenvalue weighted by molar-refractivity contribution is 7.71. The summed E-state index contributed by atoms with van der Waals surface area (Å²) in [5.74, 6) is 1.24. The maximum absolute atomic E-state index is 12.5. The summed E-state index contributed by atoms with van der Waals surface area (Å²) in [5.41, 5.74) is 0.680. The molecule has 1 fully saturated rings. The minimum Gasteiger partial charge on any atom is -0.493 e. The molecule has 1 unspecified atom stereocenters. The number of hydrogen-bond donors (Lipinski definition) is 2. The molecule has 2 heterocycles. The molecule has 1 aliphatic rings. The van der Waals surface area contributed by atoms with Crippen molar-refractivity contribution in [2.75, 3.05) is 32.2 Å². The van der Waals surface area contributed by atoms with Crippen molar-refractivity contribution in [2.24, 2.45) is 13.0 Å². The van der Waals surface area contributed by atoms with Gasteiger partial charge in [-0.25, -0.2) is 0 Å². The average molecular weight is 405 g/mol. The number of aromatic amines is 1. The van der Waals surface area contributed by atoms with Crippen LogP contribution in [0.15, 0.2) is 18.2 Å². The van der Waals surface area contributed by atoms with E-state index in [1.165, 1.54) is 7.11 Å². The zero-order valence-corrected chi connectivity index (χ0v) is 16.8. The van der Waals surface area contributed by atoms with Crippen molar-refractivity contribution < 1.29 is 19.1 Å². The highest BCUT2D eigenvalue weighted by atomic mass is 32.1. The molecule has 2 N–H and O–H groups in total. The van der Waals surface area contributed by atoms with E-state index in [0.717, 1.165) is 5.82 Å². The van der Waals surface area contributed by atoms with E-state index in [4.69, 9.17) is 21.7 Å². The van der Waals surface area contributed by atoms with Gasteiger partial charge < -0.3 is 24.3 Å². The Kier molecular flexibility index (Phi) is 5.98. The predicted molar refractivity (Wildman–Crippen MR) is 105 cm³/mol. The Balaban J connectivity index is 1.60. The van der Waals surface area contributed by atoms with Crippen LogP contribution in [-0.2, 0) is 23.1 Å². The number of aromatic nitrogens is 3. The van der Waals surface area contributed by atoms with E-state index in [-0.39, 0.29) is 18.2 Å². The smallest absolute Gasteiger partial charge is 0.227 e. The quantitative estimate of drug-likeness (QED) is 0.672. The van der Waals surface area contributed by atoms with Gasteiger partial charge in [-0.3, -0.25) is 14.7 Å². The largest absolute Gasteiger partial charge is 0.493 e. The highest BCUT2D eigenvalue weighted by Gasteiger charge is 2.35. The molecular weight excluding hydrogens is 382 g/mol. The molecule has 2 amide bonds. The Labute approximate surface area is 167 Å². The van der Waals surface area contributed by atoms with E-state index < -0.39 is 5.92 Å².